The summed E-state index contributed by atoms with van der Waals surface area (Å²) in [4.78, 5) is 0. The molecule has 154 valence electrons. The maximum atomic E-state index is 13.5. The van der Waals surface area contributed by atoms with Crippen LogP contribution in [0.25, 0.3) is 0 Å². The molecule has 2 aromatic rings. The Balaban J connectivity index is 2.57. The van der Waals surface area contributed by atoms with E-state index in [1.165, 1.54) is 0 Å². The molecule has 0 fully saturated rings. The molecule has 0 bridgehead atoms. The molecule has 0 amide bonds. The molecule has 0 heterocycles. The van der Waals surface area contributed by atoms with Crippen LogP contribution in [0.4, 0.5) is 43.9 Å². The van der Waals surface area contributed by atoms with Crippen LogP contribution in [-0.4, -0.2) is 0 Å². The lowest BCUT2D eigenvalue weighted by Gasteiger charge is -2.18. The summed E-state index contributed by atoms with van der Waals surface area (Å²) in [6.45, 7) is 0. The third-order valence-corrected chi connectivity index (χ3v) is 4.32. The molecule has 0 saturated carbocycles. The molecule has 2 rings (SSSR count). The smallest absolute Gasteiger partial charge is 0.388 e. The van der Waals surface area contributed by atoms with Gasteiger partial charge < -0.3 is 9.05 Å². The highest BCUT2D eigenvalue weighted by molar-refractivity contribution is 7.50. The molecule has 0 atom stereocenters. The van der Waals surface area contributed by atoms with Crippen molar-refractivity contribution in [2.75, 3.05) is 0 Å². The van der Waals surface area contributed by atoms with Gasteiger partial charge in [-0.1, -0.05) is 0 Å². The van der Waals surface area contributed by atoms with Crippen molar-refractivity contribution >= 4 is 19.7 Å². The fourth-order valence-corrected chi connectivity index (χ4v) is 2.63. The van der Waals surface area contributed by atoms with Gasteiger partial charge in [0.05, 0.1) is 11.9 Å². The van der Waals surface area contributed by atoms with Crippen LogP contribution in [0, 0.1) is 58.2 Å². The minimum Gasteiger partial charge on any atom is -0.388 e. The number of hydrogen-bond donors (Lipinski definition) is 0. The lowest BCUT2D eigenvalue weighted by atomic mass is 10.3. The maximum absolute atomic E-state index is 13.5. The molecule has 0 unspecified atom stereocenters. The third-order valence-electron chi connectivity index (χ3n) is 2.83. The fraction of sp³-hybridized carbons (Fsp3) is 0. The molecule has 0 saturated heterocycles. The Hall–Kier alpha value is -2.18. The second kappa shape index (κ2) is 7.68. The van der Waals surface area contributed by atoms with E-state index in [-0.39, 0.29) is 0 Å². The summed E-state index contributed by atoms with van der Waals surface area (Å²) in [5.41, 5.74) is 0. The summed E-state index contributed by atoms with van der Waals surface area (Å²) < 4.78 is 155. The number of phosphoric ester groups is 1. The first kappa shape index (κ1) is 22.1. The van der Waals surface area contributed by atoms with Crippen molar-refractivity contribution in [1.29, 1.82) is 0 Å². The van der Waals surface area contributed by atoms with Gasteiger partial charge in [0.25, 0.3) is 0 Å². The zero-order valence-corrected chi connectivity index (χ0v) is 13.9. The van der Waals surface area contributed by atoms with Gasteiger partial charge in [-0.2, -0.15) is 21.6 Å². The third kappa shape index (κ3) is 3.59. The van der Waals surface area contributed by atoms with Gasteiger partial charge in [-0.05, 0) is 0 Å². The minimum absolute atomic E-state index is 2.34. The minimum atomic E-state index is -5.97. The lowest BCUT2D eigenvalue weighted by molar-refractivity contribution is 0.266. The second-order valence-corrected chi connectivity index (χ2v) is 6.31. The van der Waals surface area contributed by atoms with Gasteiger partial charge >= 0.3 is 7.82 Å². The van der Waals surface area contributed by atoms with E-state index >= 15 is 0 Å². The van der Waals surface area contributed by atoms with Gasteiger partial charge in [0.2, 0.25) is 69.7 Å². The van der Waals surface area contributed by atoms with Crippen LogP contribution in [0.1, 0.15) is 0 Å². The predicted molar refractivity (Wildman–Crippen MR) is 68.3 cm³/mol. The topological polar surface area (TPSA) is 44.8 Å². The Labute approximate surface area is 152 Å². The van der Waals surface area contributed by atoms with Gasteiger partial charge in [-0.15, -0.1) is 0 Å². The molecule has 4 nitrogen and oxygen atoms in total. The van der Waals surface area contributed by atoms with Crippen LogP contribution >= 0.6 is 19.7 Å². The van der Waals surface area contributed by atoms with Crippen molar-refractivity contribution in [1.82, 2.24) is 0 Å². The van der Waals surface area contributed by atoms with Gasteiger partial charge in [0, 0.05) is 0 Å². The van der Waals surface area contributed by atoms with E-state index in [1.807, 2.05) is 0 Å². The molecule has 28 heavy (non-hydrogen) atoms. The Morgan fingerprint density at radius 2 is 0.714 bits per heavy atom. The maximum Gasteiger partial charge on any atom is 0.605 e. The van der Waals surface area contributed by atoms with Gasteiger partial charge in [0.15, 0.2) is 0 Å². The zero-order valence-electron chi connectivity index (χ0n) is 12.2. The first-order valence-electron chi connectivity index (χ1n) is 6.18. The van der Waals surface area contributed by atoms with Crippen molar-refractivity contribution in [3.05, 3.63) is 58.2 Å². The van der Waals surface area contributed by atoms with Crippen molar-refractivity contribution < 1.29 is 61.6 Å². The molecule has 0 aliphatic heterocycles. The number of halogens is 11. The summed E-state index contributed by atoms with van der Waals surface area (Å²) in [5.74, 6) is -31.4. The van der Waals surface area contributed by atoms with E-state index in [1.54, 1.807) is 0 Å². The van der Waals surface area contributed by atoms with E-state index in [9.17, 15) is 48.5 Å². The van der Waals surface area contributed by atoms with E-state index < -0.39 is 77.5 Å². The lowest BCUT2D eigenvalue weighted by Crippen LogP contribution is -2.11. The summed E-state index contributed by atoms with van der Waals surface area (Å²) in [5, 5.41) is 0. The number of phosphoric acid groups is 1. The molecular weight excluding hydrogens is 465 g/mol. The van der Waals surface area contributed by atoms with E-state index in [4.69, 9.17) is 0 Å². The zero-order chi connectivity index (χ0) is 21.5. The predicted octanol–water partition coefficient (Wildman–Crippen LogP) is 5.81. The summed E-state index contributed by atoms with van der Waals surface area (Å²) in [6, 6.07) is 0. The average molecular weight is 465 g/mol. The summed E-state index contributed by atoms with van der Waals surface area (Å²) >= 11 is 4.61. The molecule has 0 N–H and O–H groups in total. The highest BCUT2D eigenvalue weighted by Gasteiger charge is 2.40. The quantitative estimate of drug-likeness (QED) is 0.242. The summed E-state index contributed by atoms with van der Waals surface area (Å²) in [6.07, 6.45) is 0. The number of hydrogen-bond acceptors (Lipinski definition) is 4. The molecule has 0 aliphatic rings. The summed E-state index contributed by atoms with van der Waals surface area (Å²) in [7, 11) is -5.97. The van der Waals surface area contributed by atoms with Crippen molar-refractivity contribution in [2.45, 2.75) is 0 Å². The Morgan fingerprint density at radius 3 is 0.929 bits per heavy atom. The largest absolute Gasteiger partial charge is 0.605 e. The first-order chi connectivity index (χ1) is 12.9. The highest BCUT2D eigenvalue weighted by Crippen LogP contribution is 2.53. The Morgan fingerprint density at radius 1 is 0.500 bits per heavy atom. The average Bonchev–Trinajstić information content (AvgIpc) is 2.68. The fourth-order valence-electron chi connectivity index (χ4n) is 1.60. The molecule has 16 heteroatoms. The number of rotatable bonds is 5. The highest BCUT2D eigenvalue weighted by atomic mass is 35.5. The van der Waals surface area contributed by atoms with Crippen LogP contribution in [0.3, 0.4) is 0 Å². The molecule has 0 aliphatic carbocycles. The van der Waals surface area contributed by atoms with E-state index in [0.29, 0.717) is 0 Å². The monoisotopic (exact) mass is 464 g/mol. The molecule has 0 radical (unpaired) electrons. The Kier molecular flexibility index (Phi) is 6.07. The molecule has 2 aromatic carbocycles. The van der Waals surface area contributed by atoms with E-state index in [0.717, 1.165) is 0 Å². The first-order valence-corrected chi connectivity index (χ1v) is 7.95. The Bertz CT molecular complexity index is 883. The van der Waals surface area contributed by atoms with Crippen LogP contribution in [0.2, 0.25) is 0 Å². The van der Waals surface area contributed by atoms with Gasteiger partial charge in [-0.3, -0.25) is 0 Å². The van der Waals surface area contributed by atoms with Gasteiger partial charge in [0.1, 0.15) is 0 Å². The van der Waals surface area contributed by atoms with Crippen LogP contribution in [-0.2, 0) is 8.64 Å². The second-order valence-electron chi connectivity index (χ2n) is 4.50. The van der Waals surface area contributed by atoms with E-state index in [2.05, 4.69) is 25.0 Å². The molecular formula is C12ClF10O4P. The van der Waals surface area contributed by atoms with Crippen LogP contribution in [0.15, 0.2) is 0 Å². The normalized spacial score (nSPS) is 11.7. The SMILES string of the molecule is O=P(OCl)(Oc1c(F)c(F)c(F)c(F)c1F)Oc1c(F)c(F)c(F)c(F)c1F. The van der Waals surface area contributed by atoms with Gasteiger partial charge in [-0.25, -0.2) is 30.9 Å². The van der Waals surface area contributed by atoms with Crippen molar-refractivity contribution in [3.8, 4) is 11.5 Å². The van der Waals surface area contributed by atoms with Crippen LogP contribution < -0.4 is 9.05 Å². The van der Waals surface area contributed by atoms with Crippen molar-refractivity contribution in [3.63, 3.8) is 0 Å². The number of benzene rings is 2. The van der Waals surface area contributed by atoms with Crippen LogP contribution in [0.5, 0.6) is 11.5 Å². The molecule has 0 aromatic heterocycles. The molecule has 0 spiro atoms. The standard InChI is InChI=1S/C12ClF10O4P/c13-27-28(24,25-11-7(20)3(16)1(14)4(17)8(11)21)26-12-9(22)5(18)2(15)6(19)10(12)23. The van der Waals surface area contributed by atoms with Crippen molar-refractivity contribution in [2.24, 2.45) is 0 Å².